The molecular weight excluding hydrogens is 404 g/mol. The smallest absolute Gasteiger partial charge is 0.300 e. The van der Waals surface area contributed by atoms with Gasteiger partial charge in [-0.15, -0.1) is 21.5 Å². The Kier molecular flexibility index (Phi) is 6.87. The summed E-state index contributed by atoms with van der Waals surface area (Å²) in [7, 11) is 0. The van der Waals surface area contributed by atoms with E-state index < -0.39 is 5.97 Å². The number of nitrogens with two attached hydrogens (primary N) is 1. The number of carboxylic acid groups (broad SMARTS) is 1. The second-order valence-electron chi connectivity index (χ2n) is 8.48. The molecule has 30 heavy (non-hydrogen) atoms. The van der Waals surface area contributed by atoms with Crippen molar-refractivity contribution in [2.24, 2.45) is 11.7 Å². The normalized spacial score (nSPS) is 19.1. The lowest BCUT2D eigenvalue weighted by atomic mass is 10.1. The van der Waals surface area contributed by atoms with Crippen molar-refractivity contribution < 1.29 is 14.7 Å². The van der Waals surface area contributed by atoms with E-state index in [9.17, 15) is 4.79 Å². The van der Waals surface area contributed by atoms with Gasteiger partial charge in [0, 0.05) is 24.8 Å². The fraction of sp³-hybridized carbons (Fsp3) is 0.650. The lowest BCUT2D eigenvalue weighted by molar-refractivity contribution is -0.134. The third-order valence-corrected chi connectivity index (χ3v) is 6.04. The zero-order valence-electron chi connectivity index (χ0n) is 17.9. The molecule has 1 aliphatic heterocycles. The number of thiazole rings is 1. The van der Waals surface area contributed by atoms with Gasteiger partial charge >= 0.3 is 0 Å². The molecular formula is C20H30N6O3S. The average Bonchev–Trinajstić information content (AvgIpc) is 3.21. The number of hydrogen-bond acceptors (Lipinski definition) is 7. The summed E-state index contributed by atoms with van der Waals surface area (Å²) in [6.45, 7) is 8.65. The van der Waals surface area contributed by atoms with Crippen molar-refractivity contribution in [3.05, 3.63) is 27.7 Å². The maximum absolute atomic E-state index is 12.9. The van der Waals surface area contributed by atoms with Crippen LogP contribution in [0, 0.1) is 5.92 Å². The van der Waals surface area contributed by atoms with Gasteiger partial charge in [-0.25, -0.2) is 4.98 Å². The third-order valence-electron chi connectivity index (χ3n) is 5.06. The summed E-state index contributed by atoms with van der Waals surface area (Å²) in [6, 6.07) is 0.0839. The molecule has 1 amide bonds. The molecule has 2 aromatic rings. The Balaban J connectivity index is 0.000000589. The van der Waals surface area contributed by atoms with Crippen molar-refractivity contribution in [3.63, 3.8) is 0 Å². The zero-order chi connectivity index (χ0) is 22.0. The molecule has 9 nitrogen and oxygen atoms in total. The number of amides is 1. The van der Waals surface area contributed by atoms with Crippen LogP contribution in [0.1, 0.15) is 92.1 Å². The Hall–Kier alpha value is -2.33. The van der Waals surface area contributed by atoms with Crippen LogP contribution in [0.4, 0.5) is 0 Å². The first kappa shape index (κ1) is 22.4. The number of carbonyl (C=O) groups excluding carboxylic acids is 1. The molecule has 164 valence electrons. The minimum Gasteiger partial charge on any atom is -0.481 e. The highest BCUT2D eigenvalue weighted by Gasteiger charge is 2.36. The molecule has 0 saturated heterocycles. The van der Waals surface area contributed by atoms with E-state index in [4.69, 9.17) is 15.6 Å². The third kappa shape index (κ3) is 5.23. The van der Waals surface area contributed by atoms with E-state index in [1.807, 2.05) is 10.3 Å². The van der Waals surface area contributed by atoms with E-state index in [1.54, 1.807) is 0 Å². The van der Waals surface area contributed by atoms with Crippen LogP contribution < -0.4 is 5.73 Å². The summed E-state index contributed by atoms with van der Waals surface area (Å²) in [4.78, 5) is 28.3. The first-order chi connectivity index (χ1) is 14.2. The van der Waals surface area contributed by atoms with E-state index in [2.05, 4.69) is 40.5 Å². The second-order valence-corrected chi connectivity index (χ2v) is 9.37. The van der Waals surface area contributed by atoms with Crippen LogP contribution in [0.2, 0.25) is 0 Å². The number of aliphatic carboxylic acids is 1. The largest absolute Gasteiger partial charge is 0.481 e. The molecule has 0 aromatic carbocycles. The molecule has 1 fully saturated rings. The molecule has 0 unspecified atom stereocenters. The van der Waals surface area contributed by atoms with Crippen molar-refractivity contribution in [1.82, 2.24) is 24.6 Å². The van der Waals surface area contributed by atoms with Crippen LogP contribution >= 0.6 is 11.3 Å². The Bertz CT molecular complexity index is 900. The molecule has 10 heteroatoms. The van der Waals surface area contributed by atoms with Gasteiger partial charge in [0.2, 0.25) is 0 Å². The summed E-state index contributed by atoms with van der Waals surface area (Å²) in [5.41, 5.74) is 6.70. The highest BCUT2D eigenvalue weighted by atomic mass is 32.1. The van der Waals surface area contributed by atoms with Crippen LogP contribution in [0.25, 0.3) is 0 Å². The molecule has 1 saturated carbocycles. The first-order valence-electron chi connectivity index (χ1n) is 10.3. The standard InChI is InChI=1S/C18H26N6OS.C2H4O2/c1-10(2)6-13(19)17-20-14(9-26-17)18(25)23-7-11(3)24-15(8-23)21-22-16(24)12-4-5-12;1-2(3)4/h9-13H,4-8,19H2,1-3H3;1H3,(H,3,4)/t11-,13-;/m0./s1. The van der Waals surface area contributed by atoms with Gasteiger partial charge < -0.3 is 20.3 Å². The molecule has 2 atom stereocenters. The van der Waals surface area contributed by atoms with Crippen LogP contribution in [0.3, 0.4) is 0 Å². The van der Waals surface area contributed by atoms with Gasteiger partial charge in [-0.2, -0.15) is 0 Å². The van der Waals surface area contributed by atoms with E-state index in [0.29, 0.717) is 30.6 Å². The maximum atomic E-state index is 12.9. The molecule has 1 aliphatic carbocycles. The number of fused-ring (bicyclic) bond motifs is 1. The summed E-state index contributed by atoms with van der Waals surface area (Å²) < 4.78 is 2.23. The lowest BCUT2D eigenvalue weighted by Crippen LogP contribution is -2.41. The van der Waals surface area contributed by atoms with Crippen LogP contribution in [-0.4, -0.2) is 48.2 Å². The summed E-state index contributed by atoms with van der Waals surface area (Å²) in [6.07, 6.45) is 3.27. The van der Waals surface area contributed by atoms with E-state index in [0.717, 1.165) is 30.0 Å². The van der Waals surface area contributed by atoms with Gasteiger partial charge in [0.25, 0.3) is 11.9 Å². The molecule has 0 radical (unpaired) electrons. The number of carboxylic acids is 1. The molecule has 0 spiro atoms. The van der Waals surface area contributed by atoms with Crippen molar-refractivity contribution in [1.29, 1.82) is 0 Å². The summed E-state index contributed by atoms with van der Waals surface area (Å²) in [5.74, 6) is 2.16. The van der Waals surface area contributed by atoms with Crippen molar-refractivity contribution in [3.8, 4) is 0 Å². The molecule has 4 rings (SSSR count). The van der Waals surface area contributed by atoms with Crippen molar-refractivity contribution in [2.45, 2.75) is 71.5 Å². The second kappa shape index (κ2) is 9.22. The van der Waals surface area contributed by atoms with Gasteiger partial charge in [-0.3, -0.25) is 9.59 Å². The Labute approximate surface area is 180 Å². The van der Waals surface area contributed by atoms with Gasteiger partial charge in [0.05, 0.1) is 18.6 Å². The first-order valence-corrected chi connectivity index (χ1v) is 11.2. The average molecular weight is 435 g/mol. The van der Waals surface area contributed by atoms with E-state index in [-0.39, 0.29) is 18.0 Å². The van der Waals surface area contributed by atoms with Crippen molar-refractivity contribution >= 4 is 23.2 Å². The van der Waals surface area contributed by atoms with Gasteiger partial charge in [0.1, 0.15) is 16.5 Å². The van der Waals surface area contributed by atoms with Crippen molar-refractivity contribution in [2.75, 3.05) is 6.54 Å². The molecule has 2 aromatic heterocycles. The topological polar surface area (TPSA) is 127 Å². The Morgan fingerprint density at radius 2 is 2.00 bits per heavy atom. The number of nitrogens with zero attached hydrogens (tertiary/aromatic N) is 5. The van der Waals surface area contributed by atoms with E-state index in [1.165, 1.54) is 24.2 Å². The minimum absolute atomic E-state index is 0.0432. The Morgan fingerprint density at radius 3 is 2.60 bits per heavy atom. The fourth-order valence-corrected chi connectivity index (χ4v) is 4.47. The lowest BCUT2D eigenvalue weighted by Gasteiger charge is -2.32. The summed E-state index contributed by atoms with van der Waals surface area (Å²) in [5, 5.41) is 18.8. The molecule has 0 bridgehead atoms. The predicted molar refractivity (Wildman–Crippen MR) is 113 cm³/mol. The van der Waals surface area contributed by atoms with Crippen LogP contribution in [-0.2, 0) is 11.3 Å². The summed E-state index contributed by atoms with van der Waals surface area (Å²) >= 11 is 1.48. The van der Waals surface area contributed by atoms with Crippen LogP contribution in [0.5, 0.6) is 0 Å². The molecule has 3 heterocycles. The van der Waals surface area contributed by atoms with E-state index >= 15 is 0 Å². The molecule has 2 aliphatic rings. The molecule has 3 N–H and O–H groups in total. The highest BCUT2D eigenvalue weighted by molar-refractivity contribution is 7.09. The zero-order valence-corrected chi connectivity index (χ0v) is 18.7. The quantitative estimate of drug-likeness (QED) is 0.740. The Morgan fingerprint density at radius 1 is 1.33 bits per heavy atom. The number of carbonyl (C=O) groups is 2. The monoisotopic (exact) mass is 434 g/mol. The van der Waals surface area contributed by atoms with Gasteiger partial charge in [0.15, 0.2) is 5.82 Å². The number of aromatic nitrogens is 4. The fourth-order valence-electron chi connectivity index (χ4n) is 3.66. The SMILES string of the molecule is CC(=O)O.CC(C)C[C@H](N)c1nc(C(=O)N2Cc3nnc(C4CC4)n3[C@@H](C)C2)cs1. The maximum Gasteiger partial charge on any atom is 0.300 e. The predicted octanol–water partition coefficient (Wildman–Crippen LogP) is 2.97. The highest BCUT2D eigenvalue weighted by Crippen LogP contribution is 2.41. The number of rotatable bonds is 5. The minimum atomic E-state index is -0.833. The van der Waals surface area contributed by atoms with Gasteiger partial charge in [-0.1, -0.05) is 13.8 Å². The van der Waals surface area contributed by atoms with Gasteiger partial charge in [-0.05, 0) is 32.1 Å². The number of hydrogen-bond donors (Lipinski definition) is 2. The van der Waals surface area contributed by atoms with Crippen LogP contribution in [0.15, 0.2) is 5.38 Å².